The number of amides is 1. The van der Waals surface area contributed by atoms with Crippen molar-refractivity contribution in [3.05, 3.63) is 60.2 Å². The van der Waals surface area contributed by atoms with E-state index >= 15 is 0 Å². The number of nitrogens with one attached hydrogen (secondary N) is 1. The van der Waals surface area contributed by atoms with Crippen LogP contribution in [0.1, 0.15) is 28.8 Å². The Hall–Kier alpha value is -2.69. The number of aromatic amines is 1. The molecule has 3 aromatic rings. The fourth-order valence-electron chi connectivity index (χ4n) is 2.73. The standard InChI is InChI=1S/C17H16N4O/c22-17(15-10-20-16-14(15)4-2-8-19-16)21(13-5-6-13)11-12-3-1-7-18-9-12/h1-4,7-10,13H,5-6,11H2,(H,19,20). The Balaban J connectivity index is 1.66. The molecule has 1 aliphatic rings. The van der Waals surface area contributed by atoms with E-state index in [0.717, 1.165) is 29.4 Å². The quantitative estimate of drug-likeness (QED) is 0.804. The molecule has 1 aliphatic carbocycles. The van der Waals surface area contributed by atoms with Gasteiger partial charge in [0.2, 0.25) is 0 Å². The lowest BCUT2D eigenvalue weighted by Crippen LogP contribution is -2.32. The first-order valence-corrected chi connectivity index (χ1v) is 7.45. The Morgan fingerprint density at radius 3 is 2.91 bits per heavy atom. The van der Waals surface area contributed by atoms with Crippen LogP contribution in [0.25, 0.3) is 11.0 Å². The highest BCUT2D eigenvalue weighted by Gasteiger charge is 2.34. The molecule has 3 heterocycles. The summed E-state index contributed by atoms with van der Waals surface area (Å²) in [5.74, 6) is 0.0607. The molecule has 0 aliphatic heterocycles. The van der Waals surface area contributed by atoms with Gasteiger partial charge in [-0.25, -0.2) is 4.98 Å². The van der Waals surface area contributed by atoms with Gasteiger partial charge in [0.25, 0.3) is 5.91 Å². The predicted molar refractivity (Wildman–Crippen MR) is 83.2 cm³/mol. The van der Waals surface area contributed by atoms with Crippen LogP contribution in [0.3, 0.4) is 0 Å². The minimum Gasteiger partial charge on any atom is -0.345 e. The first-order chi connectivity index (χ1) is 10.8. The number of fused-ring (bicyclic) bond motifs is 1. The van der Waals surface area contributed by atoms with Gasteiger partial charge in [-0.1, -0.05) is 6.07 Å². The van der Waals surface area contributed by atoms with E-state index in [-0.39, 0.29) is 5.91 Å². The molecule has 5 nitrogen and oxygen atoms in total. The fraction of sp³-hybridized carbons (Fsp3) is 0.235. The van der Waals surface area contributed by atoms with E-state index in [1.54, 1.807) is 18.6 Å². The van der Waals surface area contributed by atoms with Crippen LogP contribution in [0.4, 0.5) is 0 Å². The van der Waals surface area contributed by atoms with Gasteiger partial charge < -0.3 is 9.88 Å². The summed E-state index contributed by atoms with van der Waals surface area (Å²) in [6, 6.07) is 8.04. The lowest BCUT2D eigenvalue weighted by atomic mass is 10.1. The van der Waals surface area contributed by atoms with E-state index in [4.69, 9.17) is 0 Å². The van der Waals surface area contributed by atoms with Crippen molar-refractivity contribution in [1.29, 1.82) is 0 Å². The first kappa shape index (κ1) is 13.0. The number of carbonyl (C=O) groups excluding carboxylic acids is 1. The maximum Gasteiger partial charge on any atom is 0.256 e. The number of hydrogen-bond donors (Lipinski definition) is 1. The van der Waals surface area contributed by atoms with E-state index in [0.29, 0.717) is 18.2 Å². The van der Waals surface area contributed by atoms with Gasteiger partial charge in [-0.15, -0.1) is 0 Å². The largest absolute Gasteiger partial charge is 0.345 e. The molecule has 3 aromatic heterocycles. The SMILES string of the molecule is O=C(c1c[nH]c2ncccc12)N(Cc1cccnc1)C1CC1. The number of pyridine rings is 2. The van der Waals surface area contributed by atoms with E-state index < -0.39 is 0 Å². The summed E-state index contributed by atoms with van der Waals surface area (Å²) < 4.78 is 0. The first-order valence-electron chi connectivity index (χ1n) is 7.45. The van der Waals surface area contributed by atoms with Crippen molar-refractivity contribution in [2.24, 2.45) is 0 Å². The Morgan fingerprint density at radius 1 is 1.27 bits per heavy atom. The molecule has 1 saturated carbocycles. The number of H-pyrrole nitrogens is 1. The summed E-state index contributed by atoms with van der Waals surface area (Å²) in [7, 11) is 0. The normalized spacial score (nSPS) is 14.2. The predicted octanol–water partition coefficient (Wildman–Crippen LogP) is 2.76. The average molecular weight is 292 g/mol. The summed E-state index contributed by atoms with van der Waals surface area (Å²) in [5, 5.41) is 0.879. The molecule has 22 heavy (non-hydrogen) atoms. The minimum absolute atomic E-state index is 0.0607. The van der Waals surface area contributed by atoms with Gasteiger partial charge in [0.05, 0.1) is 5.56 Å². The molecule has 0 spiro atoms. The van der Waals surface area contributed by atoms with E-state index in [1.165, 1.54) is 0 Å². The van der Waals surface area contributed by atoms with Crippen molar-refractivity contribution in [3.8, 4) is 0 Å². The number of rotatable bonds is 4. The van der Waals surface area contributed by atoms with Crippen LogP contribution in [0, 0.1) is 0 Å². The third-order valence-corrected chi connectivity index (χ3v) is 4.01. The van der Waals surface area contributed by atoms with Gasteiger partial charge in [0, 0.05) is 42.8 Å². The molecule has 1 N–H and O–H groups in total. The van der Waals surface area contributed by atoms with Crippen LogP contribution in [0.15, 0.2) is 49.1 Å². The monoisotopic (exact) mass is 292 g/mol. The molecule has 0 bridgehead atoms. The Bertz CT molecular complexity index is 808. The second-order valence-corrected chi connectivity index (χ2v) is 5.63. The second-order valence-electron chi connectivity index (χ2n) is 5.63. The van der Waals surface area contributed by atoms with Crippen molar-refractivity contribution in [2.45, 2.75) is 25.4 Å². The number of aromatic nitrogens is 3. The lowest BCUT2D eigenvalue weighted by molar-refractivity contribution is 0.0732. The highest BCUT2D eigenvalue weighted by atomic mass is 16.2. The van der Waals surface area contributed by atoms with Crippen LogP contribution < -0.4 is 0 Å². The maximum absolute atomic E-state index is 13.0. The molecule has 0 atom stereocenters. The van der Waals surface area contributed by atoms with Crippen LogP contribution in [0.2, 0.25) is 0 Å². The third-order valence-electron chi connectivity index (χ3n) is 4.01. The average Bonchev–Trinajstić information content (AvgIpc) is 3.31. The van der Waals surface area contributed by atoms with Crippen LogP contribution in [0.5, 0.6) is 0 Å². The highest BCUT2D eigenvalue weighted by Crippen LogP contribution is 2.31. The lowest BCUT2D eigenvalue weighted by Gasteiger charge is -2.22. The Morgan fingerprint density at radius 2 is 2.14 bits per heavy atom. The summed E-state index contributed by atoms with van der Waals surface area (Å²) in [4.78, 5) is 26.4. The van der Waals surface area contributed by atoms with Crippen molar-refractivity contribution in [3.63, 3.8) is 0 Å². The van der Waals surface area contributed by atoms with Gasteiger partial charge in [0.15, 0.2) is 0 Å². The van der Waals surface area contributed by atoms with E-state index in [9.17, 15) is 4.79 Å². The van der Waals surface area contributed by atoms with Gasteiger partial charge in [-0.05, 0) is 36.6 Å². The Kier molecular flexibility index (Phi) is 3.11. The van der Waals surface area contributed by atoms with Crippen molar-refractivity contribution in [2.75, 3.05) is 0 Å². The maximum atomic E-state index is 13.0. The van der Waals surface area contributed by atoms with Gasteiger partial charge >= 0.3 is 0 Å². The molecular weight excluding hydrogens is 276 g/mol. The van der Waals surface area contributed by atoms with Crippen LogP contribution in [-0.4, -0.2) is 31.8 Å². The molecule has 5 heteroatoms. The molecule has 0 aromatic carbocycles. The molecule has 1 amide bonds. The number of nitrogens with zero attached hydrogens (tertiary/aromatic N) is 3. The van der Waals surface area contributed by atoms with Gasteiger partial charge in [-0.2, -0.15) is 0 Å². The van der Waals surface area contributed by atoms with Crippen molar-refractivity contribution < 1.29 is 4.79 Å². The zero-order valence-corrected chi connectivity index (χ0v) is 12.1. The highest BCUT2D eigenvalue weighted by molar-refractivity contribution is 6.06. The van der Waals surface area contributed by atoms with Crippen molar-refractivity contribution >= 4 is 16.9 Å². The molecule has 0 unspecified atom stereocenters. The van der Waals surface area contributed by atoms with Crippen molar-refractivity contribution in [1.82, 2.24) is 19.9 Å². The van der Waals surface area contributed by atoms with E-state index in [2.05, 4.69) is 15.0 Å². The summed E-state index contributed by atoms with van der Waals surface area (Å²) in [6.07, 6.45) is 9.21. The molecular formula is C17H16N4O. The van der Waals surface area contributed by atoms with Crippen LogP contribution >= 0.6 is 0 Å². The van der Waals surface area contributed by atoms with E-state index in [1.807, 2.05) is 35.4 Å². The molecule has 1 fully saturated rings. The van der Waals surface area contributed by atoms with Gasteiger partial charge in [0.1, 0.15) is 5.65 Å². The smallest absolute Gasteiger partial charge is 0.256 e. The molecule has 110 valence electrons. The zero-order chi connectivity index (χ0) is 14.9. The second kappa shape index (κ2) is 5.26. The Labute approximate surface area is 128 Å². The topological polar surface area (TPSA) is 61.9 Å². The zero-order valence-electron chi connectivity index (χ0n) is 12.1. The number of hydrogen-bond acceptors (Lipinski definition) is 3. The third kappa shape index (κ3) is 2.35. The number of carbonyl (C=O) groups is 1. The summed E-state index contributed by atoms with van der Waals surface area (Å²) in [6.45, 7) is 0.601. The van der Waals surface area contributed by atoms with Crippen LogP contribution in [-0.2, 0) is 6.54 Å². The molecule has 0 radical (unpaired) electrons. The molecule has 4 rings (SSSR count). The summed E-state index contributed by atoms with van der Waals surface area (Å²) in [5.41, 5.74) is 2.50. The minimum atomic E-state index is 0.0607. The molecule has 0 saturated heterocycles. The fourth-order valence-corrected chi connectivity index (χ4v) is 2.73. The summed E-state index contributed by atoms with van der Waals surface area (Å²) >= 11 is 0. The van der Waals surface area contributed by atoms with Gasteiger partial charge in [-0.3, -0.25) is 9.78 Å².